The topological polar surface area (TPSA) is 58.6 Å². The fraction of sp³-hybridized carbons (Fsp3) is 0.846. The maximum atomic E-state index is 11.4. The van der Waals surface area contributed by atoms with Crippen LogP contribution in [0.1, 0.15) is 32.6 Å². The van der Waals surface area contributed by atoms with E-state index in [1.54, 1.807) is 6.92 Å². The molecule has 1 saturated heterocycles. The summed E-state index contributed by atoms with van der Waals surface area (Å²) >= 11 is 0. The third-order valence-electron chi connectivity index (χ3n) is 3.32. The maximum Gasteiger partial charge on any atom is 0.315 e. The Bertz CT molecular complexity index is 273. The highest BCUT2D eigenvalue weighted by atomic mass is 16.5. The second kappa shape index (κ2) is 8.08. The quantitative estimate of drug-likeness (QED) is 0.564. The molecule has 104 valence electrons. The zero-order valence-corrected chi connectivity index (χ0v) is 11.4. The Balaban J connectivity index is 2.06. The maximum absolute atomic E-state index is 11.4. The standard InChI is InChI=1S/C13H24N2O3/c1-3-18-13(17)10-12(16)14-7-4-11-5-8-15(2)9-6-11/h11H,3-10H2,1-2H3,(H,14,16). The van der Waals surface area contributed by atoms with E-state index in [1.165, 1.54) is 12.8 Å². The number of esters is 1. The summed E-state index contributed by atoms with van der Waals surface area (Å²) in [7, 11) is 2.14. The fourth-order valence-electron chi connectivity index (χ4n) is 2.17. The number of piperidine rings is 1. The average Bonchev–Trinajstić information content (AvgIpc) is 2.32. The van der Waals surface area contributed by atoms with Crippen LogP contribution in [0.5, 0.6) is 0 Å². The van der Waals surface area contributed by atoms with Gasteiger partial charge in [0.15, 0.2) is 0 Å². The summed E-state index contributed by atoms with van der Waals surface area (Å²) in [5, 5.41) is 2.78. The van der Waals surface area contributed by atoms with Gasteiger partial charge in [-0.1, -0.05) is 0 Å². The average molecular weight is 256 g/mol. The summed E-state index contributed by atoms with van der Waals surface area (Å²) in [6.07, 6.45) is 3.23. The molecule has 1 amide bonds. The molecule has 5 nitrogen and oxygen atoms in total. The van der Waals surface area contributed by atoms with Gasteiger partial charge in [-0.3, -0.25) is 9.59 Å². The van der Waals surface area contributed by atoms with Crippen molar-refractivity contribution in [3.63, 3.8) is 0 Å². The number of rotatable bonds is 6. The van der Waals surface area contributed by atoms with Crippen molar-refractivity contribution >= 4 is 11.9 Å². The lowest BCUT2D eigenvalue weighted by atomic mass is 9.94. The Labute approximate surface area is 109 Å². The molecule has 0 aromatic heterocycles. The van der Waals surface area contributed by atoms with E-state index < -0.39 is 5.97 Å². The largest absolute Gasteiger partial charge is 0.466 e. The van der Waals surface area contributed by atoms with Gasteiger partial charge in [0.1, 0.15) is 6.42 Å². The normalized spacial score (nSPS) is 17.4. The van der Waals surface area contributed by atoms with E-state index in [-0.39, 0.29) is 12.3 Å². The Morgan fingerprint density at radius 2 is 2.00 bits per heavy atom. The first kappa shape index (κ1) is 15.0. The lowest BCUT2D eigenvalue weighted by Gasteiger charge is -2.28. The summed E-state index contributed by atoms with van der Waals surface area (Å²) in [5.74, 6) is 0.0137. The lowest BCUT2D eigenvalue weighted by molar-refractivity contribution is -0.145. The summed E-state index contributed by atoms with van der Waals surface area (Å²) in [6.45, 7) is 4.99. The van der Waals surface area contributed by atoms with Gasteiger partial charge in [-0.05, 0) is 52.2 Å². The number of nitrogens with one attached hydrogen (secondary N) is 1. The summed E-state index contributed by atoms with van der Waals surface area (Å²) in [4.78, 5) is 24.8. The van der Waals surface area contributed by atoms with Crippen LogP contribution in [0.4, 0.5) is 0 Å². The van der Waals surface area contributed by atoms with Crippen molar-refractivity contribution in [1.82, 2.24) is 10.2 Å². The minimum Gasteiger partial charge on any atom is -0.466 e. The van der Waals surface area contributed by atoms with Crippen LogP contribution in [0, 0.1) is 5.92 Å². The number of hydrogen-bond acceptors (Lipinski definition) is 4. The highest BCUT2D eigenvalue weighted by molar-refractivity contribution is 5.94. The molecular formula is C13H24N2O3. The highest BCUT2D eigenvalue weighted by Gasteiger charge is 2.16. The number of hydrogen-bond donors (Lipinski definition) is 1. The summed E-state index contributed by atoms with van der Waals surface area (Å²) < 4.78 is 4.72. The van der Waals surface area contributed by atoms with Crippen molar-refractivity contribution in [3.05, 3.63) is 0 Å². The van der Waals surface area contributed by atoms with Gasteiger partial charge in [-0.25, -0.2) is 0 Å². The SMILES string of the molecule is CCOC(=O)CC(=O)NCCC1CCN(C)CC1. The second-order valence-electron chi connectivity index (χ2n) is 4.87. The second-order valence-corrected chi connectivity index (χ2v) is 4.87. The molecule has 0 spiro atoms. The number of nitrogens with zero attached hydrogens (tertiary/aromatic N) is 1. The van der Waals surface area contributed by atoms with Gasteiger partial charge < -0.3 is 15.0 Å². The summed E-state index contributed by atoms with van der Waals surface area (Å²) in [6, 6.07) is 0. The van der Waals surface area contributed by atoms with Crippen molar-refractivity contribution < 1.29 is 14.3 Å². The van der Waals surface area contributed by atoms with Gasteiger partial charge in [0.05, 0.1) is 6.61 Å². The van der Waals surface area contributed by atoms with Crippen molar-refractivity contribution in [2.45, 2.75) is 32.6 Å². The van der Waals surface area contributed by atoms with Crippen LogP contribution in [0.2, 0.25) is 0 Å². The molecule has 5 heteroatoms. The van der Waals surface area contributed by atoms with E-state index in [0.717, 1.165) is 19.5 Å². The zero-order chi connectivity index (χ0) is 13.4. The molecule has 0 saturated carbocycles. The number of amides is 1. The minimum atomic E-state index is -0.450. The van der Waals surface area contributed by atoms with E-state index in [2.05, 4.69) is 17.3 Å². The monoisotopic (exact) mass is 256 g/mol. The summed E-state index contributed by atoms with van der Waals surface area (Å²) in [5.41, 5.74) is 0. The van der Waals surface area contributed by atoms with E-state index in [9.17, 15) is 9.59 Å². The van der Waals surface area contributed by atoms with Gasteiger partial charge >= 0.3 is 5.97 Å². The molecule has 1 fully saturated rings. The van der Waals surface area contributed by atoms with Crippen LogP contribution in [-0.4, -0.2) is 50.1 Å². The molecule has 1 aliphatic heterocycles. The Kier molecular flexibility index (Phi) is 6.72. The van der Waals surface area contributed by atoms with Crippen molar-refractivity contribution in [2.24, 2.45) is 5.92 Å². The number of ether oxygens (including phenoxy) is 1. The predicted octanol–water partition coefficient (Wildman–Crippen LogP) is 0.788. The molecule has 1 N–H and O–H groups in total. The van der Waals surface area contributed by atoms with Gasteiger partial charge in [0.2, 0.25) is 5.91 Å². The first-order valence-corrected chi connectivity index (χ1v) is 6.72. The third-order valence-corrected chi connectivity index (χ3v) is 3.32. The molecule has 0 aliphatic carbocycles. The molecule has 0 aromatic carbocycles. The zero-order valence-electron chi connectivity index (χ0n) is 11.4. The van der Waals surface area contributed by atoms with Crippen molar-refractivity contribution in [2.75, 3.05) is 33.3 Å². The molecule has 1 heterocycles. The smallest absolute Gasteiger partial charge is 0.315 e. The Morgan fingerprint density at radius 1 is 1.33 bits per heavy atom. The molecule has 1 rings (SSSR count). The van der Waals surface area contributed by atoms with Crippen LogP contribution >= 0.6 is 0 Å². The number of carbonyl (C=O) groups is 2. The molecule has 1 aliphatic rings. The van der Waals surface area contributed by atoms with E-state index in [1.807, 2.05) is 0 Å². The minimum absolute atomic E-state index is 0.165. The number of carbonyl (C=O) groups excluding carboxylic acids is 2. The highest BCUT2D eigenvalue weighted by Crippen LogP contribution is 2.18. The van der Waals surface area contributed by atoms with Crippen LogP contribution in [-0.2, 0) is 14.3 Å². The van der Waals surface area contributed by atoms with Gasteiger partial charge in [-0.2, -0.15) is 0 Å². The van der Waals surface area contributed by atoms with Crippen molar-refractivity contribution in [1.29, 1.82) is 0 Å². The van der Waals surface area contributed by atoms with Crippen LogP contribution in [0.15, 0.2) is 0 Å². The predicted molar refractivity (Wildman–Crippen MR) is 69.1 cm³/mol. The van der Waals surface area contributed by atoms with E-state index in [0.29, 0.717) is 19.1 Å². The van der Waals surface area contributed by atoms with Crippen LogP contribution < -0.4 is 5.32 Å². The van der Waals surface area contributed by atoms with Crippen LogP contribution in [0.3, 0.4) is 0 Å². The Hall–Kier alpha value is -1.10. The van der Waals surface area contributed by atoms with E-state index in [4.69, 9.17) is 4.74 Å². The fourth-order valence-corrected chi connectivity index (χ4v) is 2.17. The molecule has 0 unspecified atom stereocenters. The van der Waals surface area contributed by atoms with Gasteiger partial charge in [0, 0.05) is 6.54 Å². The van der Waals surface area contributed by atoms with Crippen molar-refractivity contribution in [3.8, 4) is 0 Å². The number of likely N-dealkylation sites (tertiary alicyclic amines) is 1. The van der Waals surface area contributed by atoms with Gasteiger partial charge in [0.25, 0.3) is 0 Å². The van der Waals surface area contributed by atoms with Crippen LogP contribution in [0.25, 0.3) is 0 Å². The lowest BCUT2D eigenvalue weighted by Crippen LogP contribution is -2.33. The molecule has 0 bridgehead atoms. The molecule has 18 heavy (non-hydrogen) atoms. The first-order chi connectivity index (χ1) is 8.61. The first-order valence-electron chi connectivity index (χ1n) is 6.72. The van der Waals surface area contributed by atoms with Gasteiger partial charge in [-0.15, -0.1) is 0 Å². The Morgan fingerprint density at radius 3 is 2.61 bits per heavy atom. The van der Waals surface area contributed by atoms with E-state index >= 15 is 0 Å². The third kappa shape index (κ3) is 6.00. The molecule has 0 radical (unpaired) electrons. The molecular weight excluding hydrogens is 232 g/mol. The molecule has 0 aromatic rings. The molecule has 0 atom stereocenters.